The molecule has 0 aliphatic carbocycles. The molecule has 0 aliphatic rings. The molecule has 0 fully saturated rings. The fraction of sp³-hybridized carbons (Fsp3) is 0.476. The maximum absolute atomic E-state index is 12.4. The molecule has 2 aromatic rings. The number of ether oxygens (including phenoxy) is 1. The van der Waals surface area contributed by atoms with Crippen molar-refractivity contribution in [3.8, 4) is 5.75 Å². The van der Waals surface area contributed by atoms with E-state index in [-0.39, 0.29) is 0 Å². The number of carboxylic acid groups (broad SMARTS) is 1. The van der Waals surface area contributed by atoms with Gasteiger partial charge in [0.1, 0.15) is 17.4 Å². The third kappa shape index (κ3) is 4.91. The predicted molar refractivity (Wildman–Crippen MR) is 106 cm³/mol. The van der Waals surface area contributed by atoms with Crippen molar-refractivity contribution in [2.24, 2.45) is 0 Å². The van der Waals surface area contributed by atoms with Crippen molar-refractivity contribution >= 4 is 22.8 Å². The SMILES string of the molecule is CCCC[C@@H](NC(=O)[C@@H](C)Oc1ccc2c(CC)cc(=O)oc2c1C)C(=O)O. The van der Waals surface area contributed by atoms with Gasteiger partial charge in [-0.3, -0.25) is 4.79 Å². The van der Waals surface area contributed by atoms with Gasteiger partial charge in [-0.2, -0.15) is 0 Å². The van der Waals surface area contributed by atoms with Crippen LogP contribution in [0.3, 0.4) is 0 Å². The molecular formula is C21H27NO6. The molecule has 0 saturated heterocycles. The highest BCUT2D eigenvalue weighted by Crippen LogP contribution is 2.29. The minimum atomic E-state index is -1.07. The lowest BCUT2D eigenvalue weighted by atomic mass is 10.0. The first-order chi connectivity index (χ1) is 13.3. The normalized spacial score (nSPS) is 13.1. The van der Waals surface area contributed by atoms with Gasteiger partial charge in [0.2, 0.25) is 0 Å². The maximum atomic E-state index is 12.4. The molecule has 1 heterocycles. The average Bonchev–Trinajstić information content (AvgIpc) is 2.66. The molecule has 0 aliphatic heterocycles. The van der Waals surface area contributed by atoms with E-state index in [2.05, 4.69) is 5.32 Å². The van der Waals surface area contributed by atoms with Gasteiger partial charge >= 0.3 is 11.6 Å². The molecule has 28 heavy (non-hydrogen) atoms. The Labute approximate surface area is 163 Å². The topological polar surface area (TPSA) is 106 Å². The minimum absolute atomic E-state index is 0.365. The Balaban J connectivity index is 2.21. The van der Waals surface area contributed by atoms with E-state index < -0.39 is 29.6 Å². The molecule has 1 aromatic carbocycles. The monoisotopic (exact) mass is 389 g/mol. The van der Waals surface area contributed by atoms with Crippen LogP contribution in [0.15, 0.2) is 27.4 Å². The second-order valence-corrected chi connectivity index (χ2v) is 6.81. The Morgan fingerprint density at radius 2 is 2.00 bits per heavy atom. The van der Waals surface area contributed by atoms with Crippen molar-refractivity contribution in [1.82, 2.24) is 5.32 Å². The van der Waals surface area contributed by atoms with Gasteiger partial charge in [0, 0.05) is 17.0 Å². The van der Waals surface area contributed by atoms with E-state index in [0.29, 0.717) is 36.2 Å². The number of hydrogen-bond acceptors (Lipinski definition) is 5. The average molecular weight is 389 g/mol. The Kier molecular flexibility index (Phi) is 7.20. The highest BCUT2D eigenvalue weighted by atomic mass is 16.5. The van der Waals surface area contributed by atoms with E-state index >= 15 is 0 Å². The van der Waals surface area contributed by atoms with Gasteiger partial charge in [-0.25, -0.2) is 9.59 Å². The molecule has 152 valence electrons. The predicted octanol–water partition coefficient (Wildman–Crippen LogP) is 3.19. The number of benzene rings is 1. The Morgan fingerprint density at radius 3 is 2.61 bits per heavy atom. The van der Waals surface area contributed by atoms with Crippen molar-refractivity contribution in [3.05, 3.63) is 39.7 Å². The first kappa shape index (κ1) is 21.5. The molecule has 0 spiro atoms. The summed E-state index contributed by atoms with van der Waals surface area (Å²) in [5.41, 5.74) is 1.49. The summed E-state index contributed by atoms with van der Waals surface area (Å²) in [6, 6.07) is 4.06. The summed E-state index contributed by atoms with van der Waals surface area (Å²) in [5, 5.41) is 12.6. The van der Waals surface area contributed by atoms with Gasteiger partial charge in [-0.1, -0.05) is 26.7 Å². The van der Waals surface area contributed by atoms with Crippen LogP contribution >= 0.6 is 0 Å². The maximum Gasteiger partial charge on any atom is 0.336 e. The zero-order chi connectivity index (χ0) is 20.8. The summed E-state index contributed by atoms with van der Waals surface area (Å²) in [4.78, 5) is 35.5. The molecular weight excluding hydrogens is 362 g/mol. The Morgan fingerprint density at radius 1 is 1.29 bits per heavy atom. The Hall–Kier alpha value is -2.83. The first-order valence-electron chi connectivity index (χ1n) is 9.54. The molecule has 2 rings (SSSR count). The number of carbonyl (C=O) groups is 2. The van der Waals surface area contributed by atoms with Gasteiger partial charge in [-0.05, 0) is 44.4 Å². The lowest BCUT2D eigenvalue weighted by Gasteiger charge is -2.20. The van der Waals surface area contributed by atoms with Gasteiger partial charge in [-0.15, -0.1) is 0 Å². The van der Waals surface area contributed by atoms with E-state index in [1.165, 1.54) is 6.07 Å². The van der Waals surface area contributed by atoms with Crippen LogP contribution in [-0.4, -0.2) is 29.1 Å². The quantitative estimate of drug-likeness (QED) is 0.638. The van der Waals surface area contributed by atoms with Crippen LogP contribution < -0.4 is 15.7 Å². The van der Waals surface area contributed by atoms with Crippen molar-refractivity contribution < 1.29 is 23.8 Å². The van der Waals surface area contributed by atoms with Crippen LogP contribution in [0, 0.1) is 6.92 Å². The van der Waals surface area contributed by atoms with E-state index in [1.54, 1.807) is 26.0 Å². The molecule has 1 amide bonds. The van der Waals surface area contributed by atoms with Crippen molar-refractivity contribution in [1.29, 1.82) is 0 Å². The molecule has 7 nitrogen and oxygen atoms in total. The Bertz CT molecular complexity index is 917. The van der Waals surface area contributed by atoms with Crippen LogP contribution in [0.1, 0.15) is 51.2 Å². The zero-order valence-electron chi connectivity index (χ0n) is 16.7. The van der Waals surface area contributed by atoms with Crippen LogP contribution in [0.25, 0.3) is 11.0 Å². The second kappa shape index (κ2) is 9.39. The molecule has 2 atom stereocenters. The molecule has 7 heteroatoms. The van der Waals surface area contributed by atoms with Crippen LogP contribution in [0.4, 0.5) is 0 Å². The van der Waals surface area contributed by atoms with Crippen molar-refractivity contribution in [2.75, 3.05) is 0 Å². The number of aliphatic carboxylic acids is 1. The van der Waals surface area contributed by atoms with E-state index in [1.807, 2.05) is 13.8 Å². The fourth-order valence-corrected chi connectivity index (χ4v) is 3.03. The van der Waals surface area contributed by atoms with Crippen LogP contribution in [-0.2, 0) is 16.0 Å². The summed E-state index contributed by atoms with van der Waals surface area (Å²) in [7, 11) is 0. The zero-order valence-corrected chi connectivity index (χ0v) is 16.7. The number of unbranched alkanes of at least 4 members (excludes halogenated alkanes) is 1. The van der Waals surface area contributed by atoms with E-state index in [4.69, 9.17) is 9.15 Å². The third-order valence-corrected chi connectivity index (χ3v) is 4.71. The summed E-state index contributed by atoms with van der Waals surface area (Å²) in [5.74, 6) is -1.16. The lowest BCUT2D eigenvalue weighted by Crippen LogP contribution is -2.46. The lowest BCUT2D eigenvalue weighted by molar-refractivity contribution is -0.143. The second-order valence-electron chi connectivity index (χ2n) is 6.81. The largest absolute Gasteiger partial charge is 0.480 e. The molecule has 0 bridgehead atoms. The van der Waals surface area contributed by atoms with Gasteiger partial charge < -0.3 is 19.6 Å². The fourth-order valence-electron chi connectivity index (χ4n) is 3.03. The van der Waals surface area contributed by atoms with E-state index in [9.17, 15) is 19.5 Å². The number of fused-ring (bicyclic) bond motifs is 1. The number of nitrogens with one attached hydrogen (secondary N) is 1. The highest BCUT2D eigenvalue weighted by Gasteiger charge is 2.24. The summed E-state index contributed by atoms with van der Waals surface area (Å²) in [6.45, 7) is 7.22. The number of amides is 1. The third-order valence-electron chi connectivity index (χ3n) is 4.71. The van der Waals surface area contributed by atoms with Gasteiger partial charge in [0.25, 0.3) is 5.91 Å². The number of rotatable bonds is 9. The summed E-state index contributed by atoms with van der Waals surface area (Å²) >= 11 is 0. The standard InChI is InChI=1S/C21H27NO6/c1-5-7-8-16(21(25)26)22-20(24)13(4)27-17-10-9-15-14(6-2)11-18(23)28-19(15)12(17)3/h9-11,13,16H,5-8H2,1-4H3,(H,22,24)(H,25,26)/t13-,16-/m1/s1. The minimum Gasteiger partial charge on any atom is -0.480 e. The number of carboxylic acids is 1. The first-order valence-corrected chi connectivity index (χ1v) is 9.54. The number of hydrogen-bond donors (Lipinski definition) is 2. The van der Waals surface area contributed by atoms with E-state index in [0.717, 1.165) is 17.4 Å². The summed E-state index contributed by atoms with van der Waals surface area (Å²) < 4.78 is 11.1. The number of aryl methyl sites for hydroxylation is 2. The van der Waals surface area contributed by atoms with Crippen LogP contribution in [0.2, 0.25) is 0 Å². The van der Waals surface area contributed by atoms with Gasteiger partial charge in [0.05, 0.1) is 0 Å². The highest BCUT2D eigenvalue weighted by molar-refractivity contribution is 5.87. The van der Waals surface area contributed by atoms with Crippen molar-refractivity contribution in [2.45, 2.75) is 65.5 Å². The van der Waals surface area contributed by atoms with Gasteiger partial charge in [0.15, 0.2) is 6.10 Å². The number of carbonyl (C=O) groups excluding carboxylic acids is 1. The molecule has 0 saturated carbocycles. The van der Waals surface area contributed by atoms with Crippen molar-refractivity contribution in [3.63, 3.8) is 0 Å². The molecule has 0 unspecified atom stereocenters. The summed E-state index contributed by atoms with van der Waals surface area (Å²) in [6.07, 6.45) is 1.70. The molecule has 2 N–H and O–H groups in total. The van der Waals surface area contributed by atoms with Crippen LogP contribution in [0.5, 0.6) is 5.75 Å². The smallest absolute Gasteiger partial charge is 0.336 e. The molecule has 1 aromatic heterocycles. The molecule has 0 radical (unpaired) electrons.